The highest BCUT2D eigenvalue weighted by Crippen LogP contribution is 2.29. The third-order valence-corrected chi connectivity index (χ3v) is 4.70. The Hall–Kier alpha value is -1.02. The third kappa shape index (κ3) is 3.11. The van der Waals surface area contributed by atoms with E-state index in [9.17, 15) is 5.11 Å². The van der Waals surface area contributed by atoms with Crippen LogP contribution >= 0.6 is 0 Å². The van der Waals surface area contributed by atoms with Crippen LogP contribution in [0.2, 0.25) is 0 Å². The summed E-state index contributed by atoms with van der Waals surface area (Å²) in [6.07, 6.45) is 9.24. The van der Waals surface area contributed by atoms with Crippen LogP contribution in [0.15, 0.2) is 18.2 Å². The van der Waals surface area contributed by atoms with Crippen LogP contribution in [-0.4, -0.2) is 17.8 Å². The Bertz CT molecular complexity index is 421. The molecule has 2 aliphatic carbocycles. The summed E-state index contributed by atoms with van der Waals surface area (Å²) in [6.45, 7) is 0.635. The zero-order valence-corrected chi connectivity index (χ0v) is 11.6. The van der Waals surface area contributed by atoms with Crippen LogP contribution in [0.5, 0.6) is 5.75 Å². The largest absolute Gasteiger partial charge is 0.493 e. The smallest absolute Gasteiger partial charge is 0.119 e. The van der Waals surface area contributed by atoms with Gasteiger partial charge in [0.1, 0.15) is 5.75 Å². The fourth-order valence-electron chi connectivity index (χ4n) is 3.51. The molecular formula is C17H24O2. The molecule has 0 spiro atoms. The molecule has 0 radical (unpaired) electrons. The summed E-state index contributed by atoms with van der Waals surface area (Å²) in [7, 11) is 0. The molecule has 2 nitrogen and oxygen atoms in total. The highest BCUT2D eigenvalue weighted by Gasteiger charge is 2.22. The molecule has 2 aliphatic rings. The number of benzene rings is 1. The van der Waals surface area contributed by atoms with Crippen molar-refractivity contribution in [2.75, 3.05) is 6.61 Å². The van der Waals surface area contributed by atoms with Crippen LogP contribution in [0.25, 0.3) is 0 Å². The summed E-state index contributed by atoms with van der Waals surface area (Å²) in [5.41, 5.74) is 2.94. The molecule has 0 saturated heterocycles. The van der Waals surface area contributed by atoms with Gasteiger partial charge in [-0.2, -0.15) is 0 Å². The number of aryl methyl sites for hydroxylation is 2. The lowest BCUT2D eigenvalue weighted by atomic mass is 9.99. The number of aliphatic hydroxyl groups excluding tert-OH is 1. The molecule has 1 aromatic carbocycles. The maximum Gasteiger partial charge on any atom is 0.119 e. The predicted octanol–water partition coefficient (Wildman–Crippen LogP) is 3.50. The van der Waals surface area contributed by atoms with Crippen molar-refractivity contribution in [1.29, 1.82) is 0 Å². The summed E-state index contributed by atoms with van der Waals surface area (Å²) in [5, 5.41) is 10.1. The first-order chi connectivity index (χ1) is 9.33. The van der Waals surface area contributed by atoms with Gasteiger partial charge in [0, 0.05) is 6.42 Å². The Morgan fingerprint density at radius 2 is 1.89 bits per heavy atom. The van der Waals surface area contributed by atoms with Crippen LogP contribution in [0.4, 0.5) is 0 Å². The van der Waals surface area contributed by atoms with E-state index in [1.165, 1.54) is 56.1 Å². The van der Waals surface area contributed by atoms with Gasteiger partial charge < -0.3 is 9.84 Å². The van der Waals surface area contributed by atoms with E-state index in [0.29, 0.717) is 12.5 Å². The number of hydrogen-bond acceptors (Lipinski definition) is 2. The monoisotopic (exact) mass is 260 g/mol. The SMILES string of the molecule is OC(CCOc1ccc2c(c1)CCC2)C1CCCC1. The summed E-state index contributed by atoms with van der Waals surface area (Å²) >= 11 is 0. The van der Waals surface area contributed by atoms with Gasteiger partial charge in [-0.1, -0.05) is 18.9 Å². The van der Waals surface area contributed by atoms with E-state index in [-0.39, 0.29) is 6.10 Å². The van der Waals surface area contributed by atoms with E-state index in [0.717, 1.165) is 12.2 Å². The normalized spacial score (nSPS) is 20.5. The molecular weight excluding hydrogens is 236 g/mol. The van der Waals surface area contributed by atoms with Gasteiger partial charge in [-0.25, -0.2) is 0 Å². The number of rotatable bonds is 5. The first kappa shape index (κ1) is 13.0. The molecule has 3 rings (SSSR count). The lowest BCUT2D eigenvalue weighted by Crippen LogP contribution is -2.20. The van der Waals surface area contributed by atoms with Crippen LogP contribution in [0.3, 0.4) is 0 Å². The van der Waals surface area contributed by atoms with Crippen molar-refractivity contribution < 1.29 is 9.84 Å². The van der Waals surface area contributed by atoms with Crippen molar-refractivity contribution in [3.63, 3.8) is 0 Å². The molecule has 1 atom stereocenters. The molecule has 0 aliphatic heterocycles. The standard InChI is InChI=1S/C17H24O2/c18-17(14-4-1-2-5-14)10-11-19-16-9-8-13-6-3-7-15(13)12-16/h8-9,12,14,17-18H,1-7,10-11H2. The third-order valence-electron chi connectivity index (χ3n) is 4.70. The summed E-state index contributed by atoms with van der Waals surface area (Å²) < 4.78 is 5.80. The number of hydrogen-bond donors (Lipinski definition) is 1. The molecule has 0 bridgehead atoms. The van der Waals surface area contributed by atoms with Gasteiger partial charge in [0.05, 0.1) is 12.7 Å². The lowest BCUT2D eigenvalue weighted by molar-refractivity contribution is 0.0853. The van der Waals surface area contributed by atoms with Gasteiger partial charge >= 0.3 is 0 Å². The van der Waals surface area contributed by atoms with Gasteiger partial charge in [0.25, 0.3) is 0 Å². The van der Waals surface area contributed by atoms with Crippen molar-refractivity contribution in [3.8, 4) is 5.75 Å². The van der Waals surface area contributed by atoms with E-state index in [4.69, 9.17) is 4.74 Å². The molecule has 1 fully saturated rings. The van der Waals surface area contributed by atoms with Crippen molar-refractivity contribution in [3.05, 3.63) is 29.3 Å². The maximum absolute atomic E-state index is 10.1. The van der Waals surface area contributed by atoms with Gasteiger partial charge in [0.2, 0.25) is 0 Å². The molecule has 1 saturated carbocycles. The molecule has 1 N–H and O–H groups in total. The van der Waals surface area contributed by atoms with E-state index >= 15 is 0 Å². The van der Waals surface area contributed by atoms with Crippen molar-refractivity contribution in [1.82, 2.24) is 0 Å². The Kier molecular flexibility index (Phi) is 4.07. The Labute approximate surface area is 115 Å². The summed E-state index contributed by atoms with van der Waals surface area (Å²) in [5.74, 6) is 1.49. The molecule has 0 aromatic heterocycles. The van der Waals surface area contributed by atoms with E-state index in [2.05, 4.69) is 18.2 Å². The predicted molar refractivity (Wildman–Crippen MR) is 76.5 cm³/mol. The maximum atomic E-state index is 10.1. The average Bonchev–Trinajstić information content (AvgIpc) is 3.09. The Morgan fingerprint density at radius 1 is 1.11 bits per heavy atom. The number of fused-ring (bicyclic) bond motifs is 1. The van der Waals surface area contributed by atoms with Crippen LogP contribution in [0.1, 0.15) is 49.7 Å². The summed E-state index contributed by atoms with van der Waals surface area (Å²) in [6, 6.07) is 6.46. The van der Waals surface area contributed by atoms with E-state index in [1.807, 2.05) is 0 Å². The van der Waals surface area contributed by atoms with Gasteiger partial charge in [0.15, 0.2) is 0 Å². The van der Waals surface area contributed by atoms with Crippen LogP contribution in [0, 0.1) is 5.92 Å². The number of ether oxygens (including phenoxy) is 1. The zero-order chi connectivity index (χ0) is 13.1. The Balaban J connectivity index is 1.47. The van der Waals surface area contributed by atoms with Gasteiger partial charge in [-0.15, -0.1) is 0 Å². The van der Waals surface area contributed by atoms with Crippen molar-refractivity contribution in [2.45, 2.75) is 57.5 Å². The summed E-state index contributed by atoms with van der Waals surface area (Å²) in [4.78, 5) is 0. The topological polar surface area (TPSA) is 29.5 Å². The molecule has 0 heterocycles. The highest BCUT2D eigenvalue weighted by atomic mass is 16.5. The second kappa shape index (κ2) is 5.96. The minimum absolute atomic E-state index is 0.170. The molecule has 1 aromatic rings. The van der Waals surface area contributed by atoms with E-state index < -0.39 is 0 Å². The van der Waals surface area contributed by atoms with Crippen LogP contribution in [-0.2, 0) is 12.8 Å². The second-order valence-electron chi connectivity index (χ2n) is 6.03. The quantitative estimate of drug-likeness (QED) is 0.878. The highest BCUT2D eigenvalue weighted by molar-refractivity contribution is 5.38. The fraction of sp³-hybridized carbons (Fsp3) is 0.647. The second-order valence-corrected chi connectivity index (χ2v) is 6.03. The van der Waals surface area contributed by atoms with Gasteiger partial charge in [-0.3, -0.25) is 0 Å². The Morgan fingerprint density at radius 3 is 2.74 bits per heavy atom. The lowest BCUT2D eigenvalue weighted by Gasteiger charge is -2.17. The molecule has 0 amide bonds. The first-order valence-corrected chi connectivity index (χ1v) is 7.75. The molecule has 19 heavy (non-hydrogen) atoms. The zero-order valence-electron chi connectivity index (χ0n) is 11.6. The molecule has 1 unspecified atom stereocenters. The van der Waals surface area contributed by atoms with Crippen molar-refractivity contribution in [2.24, 2.45) is 5.92 Å². The fourth-order valence-corrected chi connectivity index (χ4v) is 3.51. The molecule has 104 valence electrons. The number of aliphatic hydroxyl groups is 1. The first-order valence-electron chi connectivity index (χ1n) is 7.75. The van der Waals surface area contributed by atoms with Gasteiger partial charge in [-0.05, 0) is 61.3 Å². The average molecular weight is 260 g/mol. The van der Waals surface area contributed by atoms with E-state index in [1.54, 1.807) is 0 Å². The van der Waals surface area contributed by atoms with Crippen molar-refractivity contribution >= 4 is 0 Å². The van der Waals surface area contributed by atoms with Crippen LogP contribution < -0.4 is 4.74 Å². The minimum atomic E-state index is -0.170. The molecule has 2 heteroatoms. The minimum Gasteiger partial charge on any atom is -0.493 e.